The highest BCUT2D eigenvalue weighted by Gasteiger charge is 2.46. The summed E-state index contributed by atoms with van der Waals surface area (Å²) in [7, 11) is -0.762. The molecule has 0 bridgehead atoms. The van der Waals surface area contributed by atoms with E-state index in [9.17, 15) is 26.4 Å². The van der Waals surface area contributed by atoms with Crippen LogP contribution in [0.3, 0.4) is 0 Å². The molecule has 200 valence electrons. The molecule has 2 fully saturated rings. The van der Waals surface area contributed by atoms with Gasteiger partial charge in [-0.2, -0.15) is 0 Å². The third-order valence-corrected chi connectivity index (χ3v) is 9.11. The van der Waals surface area contributed by atoms with Crippen molar-refractivity contribution in [1.29, 1.82) is 0 Å². The normalized spacial score (nSPS) is 17.6. The molecule has 3 aromatic rings. The second-order valence-electron chi connectivity index (χ2n) is 9.44. The lowest BCUT2D eigenvalue weighted by atomic mass is 10.2. The van der Waals surface area contributed by atoms with Crippen LogP contribution in [0.15, 0.2) is 29.6 Å². The smallest absolute Gasteiger partial charge is 0.319 e. The summed E-state index contributed by atoms with van der Waals surface area (Å²) in [6.07, 6.45) is 2.10. The van der Waals surface area contributed by atoms with Gasteiger partial charge in [0, 0.05) is 52.7 Å². The quantitative estimate of drug-likeness (QED) is 0.479. The topological polar surface area (TPSA) is 103 Å². The van der Waals surface area contributed by atoms with Crippen LogP contribution >= 0.6 is 11.3 Å². The second-order valence-corrected chi connectivity index (χ2v) is 12.2. The average Bonchev–Trinajstić information content (AvgIpc) is 3.26. The maximum Gasteiger partial charge on any atom is 0.319 e. The first-order valence-corrected chi connectivity index (χ1v) is 13.9. The minimum atomic E-state index is -4.11. The van der Waals surface area contributed by atoms with Crippen molar-refractivity contribution in [3.63, 3.8) is 0 Å². The summed E-state index contributed by atoms with van der Waals surface area (Å²) in [5.41, 5.74) is 0.0156. The van der Waals surface area contributed by atoms with Crippen molar-refractivity contribution in [3.8, 4) is 10.8 Å². The molecule has 0 aromatic carbocycles. The van der Waals surface area contributed by atoms with E-state index in [0.717, 1.165) is 17.5 Å². The summed E-state index contributed by atoms with van der Waals surface area (Å²) in [4.78, 5) is 25.6. The number of carbonyl (C=O) groups excluding carboxylic acids is 1. The van der Waals surface area contributed by atoms with Gasteiger partial charge in [0.2, 0.25) is 10.0 Å². The Balaban J connectivity index is 1.57. The molecule has 3 aromatic heterocycles. The molecule has 0 unspecified atom stereocenters. The number of anilines is 1. The van der Waals surface area contributed by atoms with E-state index in [0.29, 0.717) is 50.2 Å². The van der Waals surface area contributed by atoms with Crippen LogP contribution in [-0.2, 0) is 10.0 Å². The number of urea groups is 1. The van der Waals surface area contributed by atoms with Crippen LogP contribution < -0.4 is 9.62 Å². The summed E-state index contributed by atoms with van der Waals surface area (Å²) in [6.45, 7) is 0.917. The number of nitrogens with one attached hydrogen (secondary N) is 1. The molecule has 0 radical (unpaired) electrons. The van der Waals surface area contributed by atoms with Gasteiger partial charge in [0.1, 0.15) is 11.6 Å². The summed E-state index contributed by atoms with van der Waals surface area (Å²) in [5, 5.41) is 0.215. The van der Waals surface area contributed by atoms with Gasteiger partial charge in [0.15, 0.2) is 10.8 Å². The van der Waals surface area contributed by atoms with E-state index in [1.165, 1.54) is 21.6 Å². The predicted octanol–water partition coefficient (Wildman–Crippen LogP) is 2.98. The molecular formula is C22H26F3N7O3S2. The first kappa shape index (κ1) is 25.7. The zero-order valence-corrected chi connectivity index (χ0v) is 21.8. The number of hydrogen-bond acceptors (Lipinski definition) is 7. The number of hydrogen-bond donors (Lipinski definition) is 1. The third kappa shape index (κ3) is 4.86. The van der Waals surface area contributed by atoms with E-state index in [1.54, 1.807) is 25.2 Å². The van der Waals surface area contributed by atoms with E-state index in [4.69, 9.17) is 0 Å². The number of pyridine rings is 1. The Bertz CT molecular complexity index is 1430. The molecule has 15 heteroatoms. The molecule has 1 aliphatic carbocycles. The molecule has 1 N–H and O–H groups in total. The number of alkyl halides is 3. The number of nitrogens with zero attached hydrogens (tertiary/aromatic N) is 6. The van der Waals surface area contributed by atoms with E-state index in [-0.39, 0.29) is 26.6 Å². The fraction of sp³-hybridized carbons (Fsp3) is 0.500. The minimum absolute atomic E-state index is 0.105. The third-order valence-electron chi connectivity index (χ3n) is 6.57. The van der Waals surface area contributed by atoms with E-state index in [1.807, 2.05) is 4.90 Å². The predicted molar refractivity (Wildman–Crippen MR) is 132 cm³/mol. The maximum atomic E-state index is 13.5. The lowest BCUT2D eigenvalue weighted by Gasteiger charge is -2.37. The molecule has 37 heavy (non-hydrogen) atoms. The molecule has 2 amide bonds. The average molecular weight is 558 g/mol. The number of piperazine rings is 1. The minimum Gasteiger partial charge on any atom is -0.366 e. The van der Waals surface area contributed by atoms with Crippen molar-refractivity contribution in [2.75, 3.05) is 51.8 Å². The molecule has 1 aliphatic heterocycles. The molecule has 0 atom stereocenters. The summed E-state index contributed by atoms with van der Waals surface area (Å²) < 4.78 is 70.5. The molecule has 2 aliphatic rings. The number of rotatable bonds is 7. The Morgan fingerprint density at radius 2 is 1.89 bits per heavy atom. The maximum absolute atomic E-state index is 13.5. The van der Waals surface area contributed by atoms with Crippen molar-refractivity contribution in [2.45, 2.75) is 29.7 Å². The SMILES string of the molecule is CN(C)C(=O)N1CCN(c2cc(S(=O)(=O)NC3(CF)CC3)cn3c(-c4ncc(C(F)F)s4)ncc23)CC1. The molecule has 10 nitrogen and oxygen atoms in total. The number of aromatic nitrogens is 3. The lowest BCUT2D eigenvalue weighted by molar-refractivity contribution is 0.155. The van der Waals surface area contributed by atoms with Crippen molar-refractivity contribution in [3.05, 3.63) is 29.5 Å². The summed E-state index contributed by atoms with van der Waals surface area (Å²) >= 11 is 0.777. The largest absolute Gasteiger partial charge is 0.366 e. The monoisotopic (exact) mass is 557 g/mol. The van der Waals surface area contributed by atoms with Crippen LogP contribution in [0.1, 0.15) is 24.1 Å². The van der Waals surface area contributed by atoms with Crippen molar-refractivity contribution < 1.29 is 26.4 Å². The number of carbonyl (C=O) groups is 1. The van der Waals surface area contributed by atoms with Crippen LogP contribution in [0.5, 0.6) is 0 Å². The van der Waals surface area contributed by atoms with E-state index >= 15 is 0 Å². The Kier molecular flexibility index (Phi) is 6.56. The van der Waals surface area contributed by atoms with E-state index < -0.39 is 28.7 Å². The lowest BCUT2D eigenvalue weighted by Crippen LogP contribution is -2.51. The van der Waals surface area contributed by atoms with Crippen molar-refractivity contribution in [2.24, 2.45) is 0 Å². The highest BCUT2D eigenvalue weighted by molar-refractivity contribution is 7.89. The molecule has 5 rings (SSSR count). The van der Waals surface area contributed by atoms with Crippen LogP contribution in [-0.4, -0.2) is 91.1 Å². The molecular weight excluding hydrogens is 531 g/mol. The van der Waals surface area contributed by atoms with Gasteiger partial charge < -0.3 is 14.7 Å². The summed E-state index contributed by atoms with van der Waals surface area (Å²) in [6, 6.07) is 1.39. The van der Waals surface area contributed by atoms with Crippen LogP contribution in [0.2, 0.25) is 0 Å². The first-order chi connectivity index (χ1) is 17.5. The van der Waals surface area contributed by atoms with E-state index in [2.05, 4.69) is 14.7 Å². The van der Waals surface area contributed by atoms with Gasteiger partial charge in [0.05, 0.1) is 27.8 Å². The molecule has 1 saturated carbocycles. The zero-order chi connectivity index (χ0) is 26.5. The fourth-order valence-electron chi connectivity index (χ4n) is 4.28. The Hall–Kier alpha value is -2.91. The van der Waals surface area contributed by atoms with Gasteiger partial charge in [0.25, 0.3) is 6.43 Å². The van der Waals surface area contributed by atoms with Gasteiger partial charge in [-0.1, -0.05) is 0 Å². The number of thiazole rings is 1. The van der Waals surface area contributed by atoms with Gasteiger partial charge in [-0.25, -0.2) is 41.1 Å². The number of imidazole rings is 1. The number of fused-ring (bicyclic) bond motifs is 1. The highest BCUT2D eigenvalue weighted by atomic mass is 32.2. The van der Waals surface area contributed by atoms with Crippen LogP contribution in [0.4, 0.5) is 23.7 Å². The van der Waals surface area contributed by atoms with Crippen LogP contribution in [0, 0.1) is 0 Å². The summed E-state index contributed by atoms with van der Waals surface area (Å²) in [5.74, 6) is 0.221. The Morgan fingerprint density at radius 3 is 2.46 bits per heavy atom. The highest BCUT2D eigenvalue weighted by Crippen LogP contribution is 2.38. The molecule has 1 saturated heterocycles. The number of sulfonamides is 1. The zero-order valence-electron chi connectivity index (χ0n) is 20.2. The number of amides is 2. The Morgan fingerprint density at radius 1 is 1.19 bits per heavy atom. The first-order valence-electron chi connectivity index (χ1n) is 11.6. The van der Waals surface area contributed by atoms with Crippen molar-refractivity contribution in [1.82, 2.24) is 28.9 Å². The Labute approximate surface area is 215 Å². The molecule has 0 spiro atoms. The second kappa shape index (κ2) is 9.44. The standard InChI is InChI=1S/C22H26F3N7O3S2/c1-29(2)21(33)31-7-5-30(6-8-31)15-9-14(37(34,35)28-22(13-23)3-4-22)12-32-16(15)10-26-19(32)20-27-11-17(36-20)18(24)25/h9-12,18,28H,3-8,13H2,1-2H3. The van der Waals surface area contributed by atoms with Crippen molar-refractivity contribution >= 4 is 38.6 Å². The van der Waals surface area contributed by atoms with Gasteiger partial charge in [-0.05, 0) is 18.9 Å². The van der Waals surface area contributed by atoms with Gasteiger partial charge >= 0.3 is 6.03 Å². The number of halogens is 3. The van der Waals surface area contributed by atoms with Gasteiger partial charge in [-0.15, -0.1) is 11.3 Å². The fourth-order valence-corrected chi connectivity index (χ4v) is 6.51. The van der Waals surface area contributed by atoms with Gasteiger partial charge in [-0.3, -0.25) is 4.40 Å². The van der Waals surface area contributed by atoms with Crippen LogP contribution in [0.25, 0.3) is 16.3 Å². The molecule has 4 heterocycles.